The number of hydrogen-bond donors (Lipinski definition) is 1. The number of carbonyl (C=O) groups excluding carboxylic acids is 1. The van der Waals surface area contributed by atoms with Gasteiger partial charge in [-0.1, -0.05) is 12.1 Å². The second-order valence-electron chi connectivity index (χ2n) is 5.84. The number of likely N-dealkylation sites (tertiary alicyclic amines) is 1. The highest BCUT2D eigenvalue weighted by atomic mass is 16.5. The predicted octanol–water partition coefficient (Wildman–Crippen LogP) is 2.32. The van der Waals surface area contributed by atoms with Crippen LogP contribution < -0.4 is 10.5 Å². The van der Waals surface area contributed by atoms with Crippen molar-refractivity contribution in [1.82, 2.24) is 9.88 Å². The van der Waals surface area contributed by atoms with Gasteiger partial charge in [-0.2, -0.15) is 0 Å². The van der Waals surface area contributed by atoms with E-state index in [0.29, 0.717) is 12.1 Å². The summed E-state index contributed by atoms with van der Waals surface area (Å²) in [5, 5.41) is 0. The second-order valence-corrected chi connectivity index (χ2v) is 5.84. The van der Waals surface area contributed by atoms with Gasteiger partial charge in [-0.25, -0.2) is 0 Å². The van der Waals surface area contributed by atoms with Gasteiger partial charge in [0.2, 0.25) is 0 Å². The minimum Gasteiger partial charge on any atom is -0.497 e. The van der Waals surface area contributed by atoms with Crippen LogP contribution in [-0.2, 0) is 0 Å². The van der Waals surface area contributed by atoms with Crippen LogP contribution in [0.15, 0.2) is 42.7 Å². The summed E-state index contributed by atoms with van der Waals surface area (Å²) >= 11 is 0. The van der Waals surface area contributed by atoms with Crippen LogP contribution in [0.5, 0.6) is 5.75 Å². The Bertz CT molecular complexity index is 685. The SMILES string of the molecule is COc1ccc(-c2cncc(C(=O)N3CCC[C@@H](N)C3)c2)cc1. The standard InChI is InChI=1S/C18H21N3O2/c1-23-17-6-4-13(5-7-17)14-9-15(11-20-10-14)18(22)21-8-2-3-16(19)12-21/h4-7,9-11,16H,2-3,8,12,19H2,1H3/t16-/m1/s1. The van der Waals surface area contributed by atoms with Crippen molar-refractivity contribution in [2.24, 2.45) is 5.73 Å². The fourth-order valence-corrected chi connectivity index (χ4v) is 2.88. The molecule has 1 fully saturated rings. The first-order chi connectivity index (χ1) is 11.2. The Balaban J connectivity index is 1.82. The Hall–Kier alpha value is -2.40. The first-order valence-corrected chi connectivity index (χ1v) is 7.81. The summed E-state index contributed by atoms with van der Waals surface area (Å²) in [7, 11) is 1.64. The Morgan fingerprint density at radius 2 is 2.04 bits per heavy atom. The summed E-state index contributed by atoms with van der Waals surface area (Å²) in [4.78, 5) is 18.7. The normalized spacial score (nSPS) is 17.8. The van der Waals surface area contributed by atoms with Crippen LogP contribution in [0.2, 0.25) is 0 Å². The molecule has 0 aliphatic carbocycles. The van der Waals surface area contributed by atoms with Crippen molar-refractivity contribution in [2.45, 2.75) is 18.9 Å². The topological polar surface area (TPSA) is 68.5 Å². The molecule has 0 bridgehead atoms. The molecule has 2 aromatic rings. The van der Waals surface area contributed by atoms with Gasteiger partial charge in [-0.05, 0) is 36.6 Å². The summed E-state index contributed by atoms with van der Waals surface area (Å²) in [5.74, 6) is 0.805. The Labute approximate surface area is 136 Å². The van der Waals surface area contributed by atoms with E-state index in [9.17, 15) is 4.79 Å². The van der Waals surface area contributed by atoms with Crippen molar-refractivity contribution in [1.29, 1.82) is 0 Å². The molecule has 1 aliphatic heterocycles. The van der Waals surface area contributed by atoms with Gasteiger partial charge in [-0.3, -0.25) is 9.78 Å². The molecule has 1 aromatic carbocycles. The minimum atomic E-state index is 0.00279. The molecule has 5 nitrogen and oxygen atoms in total. The average molecular weight is 311 g/mol. The number of ether oxygens (including phenoxy) is 1. The van der Waals surface area contributed by atoms with Crippen LogP contribution >= 0.6 is 0 Å². The molecule has 1 aromatic heterocycles. The highest BCUT2D eigenvalue weighted by Gasteiger charge is 2.22. The lowest BCUT2D eigenvalue weighted by Crippen LogP contribution is -2.45. The van der Waals surface area contributed by atoms with E-state index in [1.807, 2.05) is 35.2 Å². The maximum Gasteiger partial charge on any atom is 0.255 e. The third kappa shape index (κ3) is 3.51. The first-order valence-electron chi connectivity index (χ1n) is 7.81. The number of methoxy groups -OCH3 is 1. The van der Waals surface area contributed by atoms with E-state index < -0.39 is 0 Å². The van der Waals surface area contributed by atoms with Crippen molar-refractivity contribution in [2.75, 3.05) is 20.2 Å². The number of aromatic nitrogens is 1. The number of hydrogen-bond acceptors (Lipinski definition) is 4. The number of rotatable bonds is 3. The lowest BCUT2D eigenvalue weighted by atomic mass is 10.0. The van der Waals surface area contributed by atoms with Crippen LogP contribution in [0.25, 0.3) is 11.1 Å². The first kappa shape index (κ1) is 15.5. The molecule has 1 amide bonds. The molecular formula is C18H21N3O2. The number of amides is 1. The average Bonchev–Trinajstić information content (AvgIpc) is 2.61. The number of piperidine rings is 1. The van der Waals surface area contributed by atoms with E-state index in [-0.39, 0.29) is 11.9 Å². The third-order valence-electron chi connectivity index (χ3n) is 4.15. The maximum atomic E-state index is 12.6. The molecule has 0 unspecified atom stereocenters. The fraction of sp³-hybridized carbons (Fsp3) is 0.333. The second kappa shape index (κ2) is 6.79. The Morgan fingerprint density at radius 3 is 2.74 bits per heavy atom. The molecule has 1 aliphatic rings. The monoisotopic (exact) mass is 311 g/mol. The molecule has 2 heterocycles. The number of nitrogens with two attached hydrogens (primary N) is 1. The van der Waals surface area contributed by atoms with Gasteiger partial charge in [0.15, 0.2) is 0 Å². The lowest BCUT2D eigenvalue weighted by molar-refractivity contribution is 0.0708. The zero-order valence-corrected chi connectivity index (χ0v) is 13.2. The summed E-state index contributed by atoms with van der Waals surface area (Å²) < 4.78 is 5.17. The largest absolute Gasteiger partial charge is 0.497 e. The van der Waals surface area contributed by atoms with E-state index in [0.717, 1.165) is 36.3 Å². The fourth-order valence-electron chi connectivity index (χ4n) is 2.88. The van der Waals surface area contributed by atoms with Crippen LogP contribution in [0.4, 0.5) is 0 Å². The summed E-state index contributed by atoms with van der Waals surface area (Å²) in [6, 6.07) is 9.67. The Morgan fingerprint density at radius 1 is 1.26 bits per heavy atom. The van der Waals surface area contributed by atoms with Crippen molar-refractivity contribution in [3.8, 4) is 16.9 Å². The van der Waals surface area contributed by atoms with E-state index in [1.165, 1.54) is 0 Å². The minimum absolute atomic E-state index is 0.00279. The summed E-state index contributed by atoms with van der Waals surface area (Å²) in [5.41, 5.74) is 8.49. The van der Waals surface area contributed by atoms with E-state index >= 15 is 0 Å². The molecule has 3 rings (SSSR count). The van der Waals surface area contributed by atoms with Gasteiger partial charge in [-0.15, -0.1) is 0 Å². The summed E-state index contributed by atoms with van der Waals surface area (Å²) in [6.45, 7) is 1.38. The van der Waals surface area contributed by atoms with Crippen LogP contribution in [0, 0.1) is 0 Å². The van der Waals surface area contributed by atoms with E-state index in [1.54, 1.807) is 19.5 Å². The number of carbonyl (C=O) groups is 1. The van der Waals surface area contributed by atoms with Crippen LogP contribution in [-0.4, -0.2) is 42.0 Å². The molecule has 0 spiro atoms. The molecule has 23 heavy (non-hydrogen) atoms. The molecule has 1 atom stereocenters. The molecular weight excluding hydrogens is 290 g/mol. The zero-order chi connectivity index (χ0) is 16.2. The van der Waals surface area contributed by atoms with Crippen LogP contribution in [0.1, 0.15) is 23.2 Å². The highest BCUT2D eigenvalue weighted by Crippen LogP contribution is 2.23. The molecule has 5 heteroatoms. The molecule has 120 valence electrons. The van der Waals surface area contributed by atoms with E-state index in [4.69, 9.17) is 10.5 Å². The quantitative estimate of drug-likeness (QED) is 0.944. The molecule has 0 radical (unpaired) electrons. The number of benzene rings is 1. The van der Waals surface area contributed by atoms with Crippen molar-refractivity contribution < 1.29 is 9.53 Å². The summed E-state index contributed by atoms with van der Waals surface area (Å²) in [6.07, 6.45) is 5.32. The van der Waals surface area contributed by atoms with Crippen molar-refractivity contribution in [3.63, 3.8) is 0 Å². The van der Waals surface area contributed by atoms with Gasteiger partial charge in [0.25, 0.3) is 5.91 Å². The smallest absolute Gasteiger partial charge is 0.255 e. The third-order valence-corrected chi connectivity index (χ3v) is 4.15. The van der Waals surface area contributed by atoms with Gasteiger partial charge in [0.1, 0.15) is 5.75 Å². The molecule has 1 saturated heterocycles. The van der Waals surface area contributed by atoms with Crippen molar-refractivity contribution >= 4 is 5.91 Å². The van der Waals surface area contributed by atoms with Gasteiger partial charge >= 0.3 is 0 Å². The maximum absolute atomic E-state index is 12.6. The van der Waals surface area contributed by atoms with Gasteiger partial charge in [0.05, 0.1) is 12.7 Å². The predicted molar refractivity (Wildman–Crippen MR) is 89.3 cm³/mol. The Kier molecular flexibility index (Phi) is 4.57. The van der Waals surface area contributed by atoms with Crippen LogP contribution in [0.3, 0.4) is 0 Å². The zero-order valence-electron chi connectivity index (χ0n) is 13.2. The van der Waals surface area contributed by atoms with Gasteiger partial charge in [0, 0.05) is 37.1 Å². The van der Waals surface area contributed by atoms with Crippen molar-refractivity contribution in [3.05, 3.63) is 48.3 Å². The molecule has 2 N–H and O–H groups in total. The lowest BCUT2D eigenvalue weighted by Gasteiger charge is -2.30. The highest BCUT2D eigenvalue weighted by molar-refractivity contribution is 5.95. The van der Waals surface area contributed by atoms with E-state index in [2.05, 4.69) is 4.98 Å². The number of pyridine rings is 1. The number of nitrogens with zero attached hydrogens (tertiary/aromatic N) is 2. The molecule has 0 saturated carbocycles. The van der Waals surface area contributed by atoms with Gasteiger partial charge < -0.3 is 15.4 Å².